The Kier molecular flexibility index (Phi) is 2.66. The predicted octanol–water partition coefficient (Wildman–Crippen LogP) is 2.17. The van der Waals surface area contributed by atoms with E-state index < -0.39 is 5.60 Å². The fourth-order valence-electron chi connectivity index (χ4n) is 4.08. The molecule has 0 amide bonds. The van der Waals surface area contributed by atoms with Crippen LogP contribution in [0.5, 0.6) is 0 Å². The molecule has 0 aromatic carbocycles. The molecule has 2 atom stereocenters. The zero-order valence-corrected chi connectivity index (χ0v) is 11.9. The van der Waals surface area contributed by atoms with Crippen LogP contribution in [0.2, 0.25) is 0 Å². The molecule has 20 heavy (non-hydrogen) atoms. The summed E-state index contributed by atoms with van der Waals surface area (Å²) in [6, 6.07) is 5.09. The highest BCUT2D eigenvalue weighted by atomic mass is 16.3. The number of rotatable bonds is 1. The maximum Gasteiger partial charge on any atom is 0.136 e. The van der Waals surface area contributed by atoms with Crippen LogP contribution in [-0.2, 0) is 5.60 Å². The Morgan fingerprint density at radius 3 is 2.75 bits per heavy atom. The van der Waals surface area contributed by atoms with Crippen molar-refractivity contribution in [2.45, 2.75) is 49.8 Å². The quantitative estimate of drug-likeness (QED) is 0.864. The van der Waals surface area contributed by atoms with Crippen molar-refractivity contribution in [3.63, 3.8) is 0 Å². The molecule has 0 aliphatic carbocycles. The third-order valence-corrected chi connectivity index (χ3v) is 5.30. The average molecular weight is 271 g/mol. The van der Waals surface area contributed by atoms with E-state index in [1.165, 1.54) is 19.3 Å². The van der Waals surface area contributed by atoms with E-state index in [4.69, 9.17) is 0 Å². The van der Waals surface area contributed by atoms with Crippen LogP contribution < -0.4 is 0 Å². The minimum atomic E-state index is -0.680. The molecule has 106 valence electrons. The molecule has 4 nitrogen and oxygen atoms in total. The van der Waals surface area contributed by atoms with E-state index in [1.54, 1.807) is 6.20 Å². The summed E-state index contributed by atoms with van der Waals surface area (Å²) in [6.45, 7) is 0. The van der Waals surface area contributed by atoms with Crippen LogP contribution in [0.3, 0.4) is 0 Å². The van der Waals surface area contributed by atoms with E-state index in [-0.39, 0.29) is 0 Å². The SMILES string of the molecule is CN1C2CCCC1CC(O)(c1ccc3nccn3c1)C2. The van der Waals surface area contributed by atoms with Crippen LogP contribution in [-0.4, -0.2) is 38.5 Å². The van der Waals surface area contributed by atoms with Crippen LogP contribution in [0.15, 0.2) is 30.7 Å². The summed E-state index contributed by atoms with van der Waals surface area (Å²) in [7, 11) is 2.22. The second-order valence-corrected chi connectivity index (χ2v) is 6.45. The largest absolute Gasteiger partial charge is 0.385 e. The molecule has 2 fully saturated rings. The second-order valence-electron chi connectivity index (χ2n) is 6.45. The monoisotopic (exact) mass is 271 g/mol. The number of hydrogen-bond acceptors (Lipinski definition) is 3. The molecule has 2 aliphatic rings. The van der Waals surface area contributed by atoms with Crippen molar-refractivity contribution >= 4 is 5.65 Å². The molecule has 4 heterocycles. The highest BCUT2D eigenvalue weighted by Gasteiger charge is 2.44. The summed E-state index contributed by atoms with van der Waals surface area (Å²) in [5.41, 5.74) is 1.29. The van der Waals surface area contributed by atoms with E-state index in [0.717, 1.165) is 24.1 Å². The van der Waals surface area contributed by atoms with Gasteiger partial charge in [-0.15, -0.1) is 0 Å². The van der Waals surface area contributed by atoms with Gasteiger partial charge in [0.1, 0.15) is 5.65 Å². The minimum absolute atomic E-state index is 0.519. The number of hydrogen-bond donors (Lipinski definition) is 1. The van der Waals surface area contributed by atoms with E-state index in [2.05, 4.69) is 16.9 Å². The average Bonchev–Trinajstić information content (AvgIpc) is 2.88. The highest BCUT2D eigenvalue weighted by molar-refractivity contribution is 5.41. The Morgan fingerprint density at radius 1 is 1.25 bits per heavy atom. The van der Waals surface area contributed by atoms with Gasteiger partial charge in [-0.25, -0.2) is 4.98 Å². The van der Waals surface area contributed by atoms with Crippen molar-refractivity contribution in [3.8, 4) is 0 Å². The summed E-state index contributed by atoms with van der Waals surface area (Å²) >= 11 is 0. The number of fused-ring (bicyclic) bond motifs is 3. The van der Waals surface area contributed by atoms with Gasteiger partial charge < -0.3 is 14.4 Å². The van der Waals surface area contributed by atoms with E-state index in [1.807, 2.05) is 28.9 Å². The molecule has 4 heteroatoms. The molecule has 2 aromatic rings. The molecule has 2 bridgehead atoms. The number of aromatic nitrogens is 2. The van der Waals surface area contributed by atoms with Gasteiger partial charge in [0.25, 0.3) is 0 Å². The van der Waals surface area contributed by atoms with Gasteiger partial charge in [0, 0.05) is 36.2 Å². The van der Waals surface area contributed by atoms with Crippen LogP contribution >= 0.6 is 0 Å². The molecule has 2 aromatic heterocycles. The van der Waals surface area contributed by atoms with Crippen LogP contribution in [0.4, 0.5) is 0 Å². The van der Waals surface area contributed by atoms with Gasteiger partial charge in [0.15, 0.2) is 0 Å². The molecule has 4 rings (SSSR count). The summed E-state index contributed by atoms with van der Waals surface area (Å²) in [5, 5.41) is 11.2. The van der Waals surface area contributed by atoms with Gasteiger partial charge in [-0.05, 0) is 38.8 Å². The Morgan fingerprint density at radius 2 is 2.00 bits per heavy atom. The Balaban J connectivity index is 1.72. The topological polar surface area (TPSA) is 40.8 Å². The number of imidazole rings is 1. The number of piperidine rings is 2. The van der Waals surface area contributed by atoms with Crippen LogP contribution in [0.25, 0.3) is 5.65 Å². The normalized spacial score (nSPS) is 34.5. The van der Waals surface area contributed by atoms with Crippen molar-refractivity contribution in [2.75, 3.05) is 7.05 Å². The van der Waals surface area contributed by atoms with E-state index in [9.17, 15) is 5.11 Å². The number of nitrogens with zero attached hydrogens (tertiary/aromatic N) is 3. The van der Waals surface area contributed by atoms with Crippen LogP contribution in [0.1, 0.15) is 37.7 Å². The van der Waals surface area contributed by atoms with E-state index >= 15 is 0 Å². The maximum absolute atomic E-state index is 11.2. The lowest BCUT2D eigenvalue weighted by atomic mass is 9.73. The summed E-state index contributed by atoms with van der Waals surface area (Å²) in [6.07, 6.45) is 11.2. The standard InChI is InChI=1S/C16H21N3O/c1-18-13-3-2-4-14(18)10-16(20,9-13)12-5-6-15-17-7-8-19(15)11-12/h5-8,11,13-14,20H,2-4,9-10H2,1H3. The molecule has 2 saturated heterocycles. The number of pyridine rings is 1. The van der Waals surface area contributed by atoms with Crippen molar-refractivity contribution in [3.05, 3.63) is 36.3 Å². The van der Waals surface area contributed by atoms with Gasteiger partial charge in [0.2, 0.25) is 0 Å². The van der Waals surface area contributed by atoms with Crippen molar-refractivity contribution in [1.82, 2.24) is 14.3 Å². The third kappa shape index (κ3) is 1.79. The highest BCUT2D eigenvalue weighted by Crippen LogP contribution is 2.43. The van der Waals surface area contributed by atoms with Gasteiger partial charge in [-0.2, -0.15) is 0 Å². The number of aliphatic hydroxyl groups is 1. The first-order valence-electron chi connectivity index (χ1n) is 7.53. The van der Waals surface area contributed by atoms with Crippen molar-refractivity contribution < 1.29 is 5.11 Å². The van der Waals surface area contributed by atoms with Gasteiger partial charge >= 0.3 is 0 Å². The molecule has 0 spiro atoms. The first-order valence-corrected chi connectivity index (χ1v) is 7.53. The first-order chi connectivity index (χ1) is 9.66. The lowest BCUT2D eigenvalue weighted by molar-refractivity contribution is -0.0876. The molecule has 0 saturated carbocycles. The van der Waals surface area contributed by atoms with Gasteiger partial charge in [0.05, 0.1) is 5.60 Å². The third-order valence-electron chi connectivity index (χ3n) is 5.30. The van der Waals surface area contributed by atoms with Crippen molar-refractivity contribution in [2.24, 2.45) is 0 Å². The van der Waals surface area contributed by atoms with Crippen LogP contribution in [0, 0.1) is 0 Å². The second kappa shape index (κ2) is 4.30. The Hall–Kier alpha value is -1.39. The Labute approximate surface area is 119 Å². The molecular formula is C16H21N3O. The molecule has 0 radical (unpaired) electrons. The zero-order valence-electron chi connectivity index (χ0n) is 11.9. The lowest BCUT2D eigenvalue weighted by Crippen LogP contribution is -2.55. The molecule has 2 unspecified atom stereocenters. The predicted molar refractivity (Wildman–Crippen MR) is 77.5 cm³/mol. The van der Waals surface area contributed by atoms with Gasteiger partial charge in [-0.3, -0.25) is 0 Å². The summed E-state index contributed by atoms with van der Waals surface area (Å²) < 4.78 is 2.00. The fourth-order valence-corrected chi connectivity index (χ4v) is 4.08. The maximum atomic E-state index is 11.2. The summed E-state index contributed by atoms with van der Waals surface area (Å²) in [5.74, 6) is 0. The first kappa shape index (κ1) is 12.4. The molecular weight excluding hydrogens is 250 g/mol. The zero-order chi connectivity index (χ0) is 13.7. The summed E-state index contributed by atoms with van der Waals surface area (Å²) in [4.78, 5) is 6.75. The lowest BCUT2D eigenvalue weighted by Gasteiger charge is -2.50. The van der Waals surface area contributed by atoms with Crippen molar-refractivity contribution in [1.29, 1.82) is 0 Å². The minimum Gasteiger partial charge on any atom is -0.385 e. The van der Waals surface area contributed by atoms with E-state index in [0.29, 0.717) is 12.1 Å². The fraction of sp³-hybridized carbons (Fsp3) is 0.562. The Bertz CT molecular complexity index is 621. The smallest absolute Gasteiger partial charge is 0.136 e. The van der Waals surface area contributed by atoms with Gasteiger partial charge in [-0.1, -0.05) is 12.5 Å². The molecule has 1 N–H and O–H groups in total. The molecule has 2 aliphatic heterocycles.